The first-order valence-corrected chi connectivity index (χ1v) is 17.8. The van der Waals surface area contributed by atoms with Gasteiger partial charge in [-0.25, -0.2) is 9.97 Å². The van der Waals surface area contributed by atoms with E-state index >= 15 is 0 Å². The lowest BCUT2D eigenvalue weighted by Crippen LogP contribution is -2.44. The Morgan fingerprint density at radius 2 is 1.90 bits per heavy atom. The average molecular weight is 601 g/mol. The van der Waals surface area contributed by atoms with Crippen molar-refractivity contribution in [2.24, 2.45) is 0 Å². The summed E-state index contributed by atoms with van der Waals surface area (Å²) in [5, 5.41) is 8.52. The quantitative estimate of drug-likeness (QED) is 0.246. The molecule has 1 aliphatic heterocycles. The monoisotopic (exact) mass is 600 g/mol. The molecule has 8 nitrogen and oxygen atoms in total. The van der Waals surface area contributed by atoms with Crippen molar-refractivity contribution in [2.75, 3.05) is 18.5 Å². The largest absolute Gasteiger partial charge is 0.491 e. The molecule has 1 aromatic carbocycles. The van der Waals surface area contributed by atoms with Crippen LogP contribution in [-0.2, 0) is 9.16 Å². The summed E-state index contributed by atoms with van der Waals surface area (Å²) in [5.41, 5.74) is 4.04. The highest BCUT2D eigenvalue weighted by Crippen LogP contribution is 2.38. The van der Waals surface area contributed by atoms with Gasteiger partial charge in [-0.1, -0.05) is 37.5 Å². The van der Waals surface area contributed by atoms with E-state index in [1.54, 1.807) is 0 Å². The molecule has 10 heteroatoms. The van der Waals surface area contributed by atoms with Gasteiger partial charge in [-0.15, -0.1) is 0 Å². The number of ether oxygens (including phenoxy) is 2. The summed E-state index contributed by atoms with van der Waals surface area (Å²) in [6, 6.07) is 5.85. The number of rotatable bonds is 9. The van der Waals surface area contributed by atoms with E-state index in [1.165, 1.54) is 0 Å². The molecule has 3 aromatic rings. The van der Waals surface area contributed by atoms with Crippen molar-refractivity contribution in [1.82, 2.24) is 15.1 Å². The zero-order valence-electron chi connectivity index (χ0n) is 26.1. The van der Waals surface area contributed by atoms with Gasteiger partial charge in [0, 0.05) is 23.8 Å². The van der Waals surface area contributed by atoms with E-state index in [2.05, 4.69) is 58.2 Å². The van der Waals surface area contributed by atoms with E-state index < -0.39 is 8.32 Å². The molecular weight excluding hydrogens is 556 g/mol. The van der Waals surface area contributed by atoms with E-state index in [9.17, 15) is 0 Å². The Morgan fingerprint density at radius 3 is 2.54 bits per heavy atom. The predicted octanol–water partition coefficient (Wildman–Crippen LogP) is 8.15. The molecule has 1 N–H and O–H groups in total. The highest BCUT2D eigenvalue weighted by atomic mass is 35.5. The Bertz CT molecular complexity index is 1350. The molecule has 0 radical (unpaired) electrons. The van der Waals surface area contributed by atoms with Crippen molar-refractivity contribution >= 4 is 25.7 Å². The molecule has 1 fully saturated rings. The van der Waals surface area contributed by atoms with Gasteiger partial charge in [0.15, 0.2) is 14.1 Å². The molecule has 3 atom stereocenters. The second kappa shape index (κ2) is 12.4. The standard InChI is InChI=1S/C31H45ClN4O4Si/c1-18-15-23(13-14-37-18)33-29-20(3)28(27-21(4)36-39-22(27)5)34-30(35-29)25-16-24(11-12-26(25)32)38-17-19(2)40-41(9,10)31(6,7)8/h11-12,16,18-19,23H,13-15,17H2,1-10H3,(H,33,34,35)/t18-,19?,23-/m1/s1. The van der Waals surface area contributed by atoms with Gasteiger partial charge in [0.05, 0.1) is 34.2 Å². The van der Waals surface area contributed by atoms with Crippen molar-refractivity contribution in [3.8, 4) is 28.4 Å². The molecule has 0 bridgehead atoms. The fraction of sp³-hybridized carbons (Fsp3) is 0.581. The van der Waals surface area contributed by atoms with Crippen LogP contribution in [0.1, 0.15) is 64.5 Å². The van der Waals surface area contributed by atoms with Crippen molar-refractivity contribution in [1.29, 1.82) is 0 Å². The van der Waals surface area contributed by atoms with Gasteiger partial charge in [-0.2, -0.15) is 0 Å². The Labute approximate surface area is 250 Å². The molecule has 2 aromatic heterocycles. The first-order chi connectivity index (χ1) is 19.2. The van der Waals surface area contributed by atoms with Crippen molar-refractivity contribution in [3.05, 3.63) is 40.2 Å². The molecule has 41 heavy (non-hydrogen) atoms. The van der Waals surface area contributed by atoms with Gasteiger partial charge in [-0.05, 0) is 83.8 Å². The Hall–Kier alpha value is -2.46. The van der Waals surface area contributed by atoms with Gasteiger partial charge in [0.1, 0.15) is 23.9 Å². The molecular formula is C31H45ClN4O4Si. The van der Waals surface area contributed by atoms with Gasteiger partial charge >= 0.3 is 0 Å². The summed E-state index contributed by atoms with van der Waals surface area (Å²) < 4.78 is 23.9. The van der Waals surface area contributed by atoms with E-state index in [-0.39, 0.29) is 23.3 Å². The number of aryl methyl sites for hydroxylation is 2. The van der Waals surface area contributed by atoms with Gasteiger partial charge in [-0.3, -0.25) is 0 Å². The second-order valence-corrected chi connectivity index (χ2v) is 17.9. The molecule has 224 valence electrons. The molecule has 0 saturated carbocycles. The Kier molecular flexibility index (Phi) is 9.53. The maximum absolute atomic E-state index is 6.75. The Balaban J connectivity index is 1.67. The molecule has 1 unspecified atom stereocenters. The van der Waals surface area contributed by atoms with Crippen LogP contribution < -0.4 is 10.1 Å². The zero-order chi connectivity index (χ0) is 30.1. The number of benzene rings is 1. The lowest BCUT2D eigenvalue weighted by molar-refractivity contribution is 0.0231. The van der Waals surface area contributed by atoms with E-state index in [4.69, 9.17) is 40.0 Å². The molecule has 4 rings (SSSR count). The molecule has 3 heterocycles. The van der Waals surface area contributed by atoms with E-state index in [0.29, 0.717) is 34.5 Å². The van der Waals surface area contributed by atoms with Crippen molar-refractivity contribution < 1.29 is 18.4 Å². The average Bonchev–Trinajstić information content (AvgIpc) is 3.21. The van der Waals surface area contributed by atoms with Crippen LogP contribution in [0.3, 0.4) is 0 Å². The van der Waals surface area contributed by atoms with Crippen LogP contribution in [-0.4, -0.2) is 54.9 Å². The van der Waals surface area contributed by atoms with E-state index in [0.717, 1.165) is 47.8 Å². The number of hydrogen-bond acceptors (Lipinski definition) is 8. The third-order valence-electron chi connectivity index (χ3n) is 8.21. The SMILES string of the molecule is Cc1noc(C)c1-c1nc(-c2cc(OCC(C)O[Si](C)(C)C(C)(C)C)ccc2Cl)nc(N[C@@H]2CCO[C@H](C)C2)c1C. The van der Waals surface area contributed by atoms with Crippen molar-refractivity contribution in [3.63, 3.8) is 0 Å². The molecule has 0 spiro atoms. The summed E-state index contributed by atoms with van der Waals surface area (Å²) >= 11 is 6.75. The maximum Gasteiger partial charge on any atom is 0.192 e. The number of nitrogens with one attached hydrogen (secondary N) is 1. The van der Waals surface area contributed by atoms with Gasteiger partial charge < -0.3 is 23.7 Å². The topological polar surface area (TPSA) is 91.5 Å². The summed E-state index contributed by atoms with van der Waals surface area (Å²) in [6.45, 7) is 22.4. The molecule has 1 aliphatic rings. The van der Waals surface area contributed by atoms with Crippen LogP contribution >= 0.6 is 11.6 Å². The number of halogens is 1. The van der Waals surface area contributed by atoms with Crippen LogP contribution in [0, 0.1) is 20.8 Å². The maximum atomic E-state index is 6.75. The van der Waals surface area contributed by atoms with E-state index in [1.807, 2.05) is 39.0 Å². The Morgan fingerprint density at radius 1 is 1.17 bits per heavy atom. The second-order valence-electron chi connectivity index (χ2n) is 12.8. The third kappa shape index (κ3) is 7.31. The minimum Gasteiger partial charge on any atom is -0.491 e. The summed E-state index contributed by atoms with van der Waals surface area (Å²) in [6.07, 6.45) is 1.95. The minimum atomic E-state index is -1.90. The number of anilines is 1. The molecule has 1 saturated heterocycles. The van der Waals surface area contributed by atoms with Crippen LogP contribution in [0.5, 0.6) is 5.75 Å². The first-order valence-electron chi connectivity index (χ1n) is 14.5. The number of nitrogens with zero attached hydrogens (tertiary/aromatic N) is 3. The fourth-order valence-electron chi connectivity index (χ4n) is 4.86. The van der Waals surface area contributed by atoms with Crippen LogP contribution in [0.2, 0.25) is 23.2 Å². The first kappa shape index (κ1) is 31.5. The normalized spacial score (nSPS) is 18.8. The van der Waals surface area contributed by atoms with Gasteiger partial charge in [0.2, 0.25) is 0 Å². The van der Waals surface area contributed by atoms with Gasteiger partial charge in [0.25, 0.3) is 0 Å². The lowest BCUT2D eigenvalue weighted by atomic mass is 10.0. The highest BCUT2D eigenvalue weighted by Gasteiger charge is 2.38. The smallest absolute Gasteiger partial charge is 0.192 e. The summed E-state index contributed by atoms with van der Waals surface area (Å²) in [7, 11) is -1.90. The zero-order valence-corrected chi connectivity index (χ0v) is 27.9. The predicted molar refractivity (Wildman–Crippen MR) is 167 cm³/mol. The number of hydrogen-bond donors (Lipinski definition) is 1. The van der Waals surface area contributed by atoms with Crippen LogP contribution in [0.25, 0.3) is 22.6 Å². The summed E-state index contributed by atoms with van der Waals surface area (Å²) in [5.74, 6) is 2.67. The lowest BCUT2D eigenvalue weighted by Gasteiger charge is -2.38. The van der Waals surface area contributed by atoms with Crippen molar-refractivity contribution in [2.45, 2.75) is 105 Å². The molecule has 0 amide bonds. The summed E-state index contributed by atoms with van der Waals surface area (Å²) in [4.78, 5) is 10.0. The number of aromatic nitrogens is 3. The third-order valence-corrected chi connectivity index (χ3v) is 13.1. The minimum absolute atomic E-state index is 0.0468. The highest BCUT2D eigenvalue weighted by molar-refractivity contribution is 6.74. The van der Waals surface area contributed by atoms with Crippen LogP contribution in [0.15, 0.2) is 22.7 Å². The fourth-order valence-corrected chi connectivity index (χ4v) is 6.49. The van der Waals surface area contributed by atoms with Crippen LogP contribution in [0.4, 0.5) is 5.82 Å². The molecule has 0 aliphatic carbocycles.